The average molecular weight is 332 g/mol. The molecule has 0 saturated carbocycles. The number of hydrogen-bond acceptors (Lipinski definition) is 2. The summed E-state index contributed by atoms with van der Waals surface area (Å²) < 4.78 is 29.3. The van der Waals surface area contributed by atoms with Crippen LogP contribution in [0.15, 0.2) is 42.5 Å². The summed E-state index contributed by atoms with van der Waals surface area (Å²) in [6.45, 7) is -2.89. The Morgan fingerprint density at radius 3 is 2.43 bits per heavy atom. The van der Waals surface area contributed by atoms with Gasteiger partial charge in [0.05, 0.1) is 10.0 Å². The van der Waals surface area contributed by atoms with Gasteiger partial charge in [0.2, 0.25) is 0 Å². The van der Waals surface area contributed by atoms with Crippen molar-refractivity contribution in [3.8, 4) is 5.75 Å². The van der Waals surface area contributed by atoms with E-state index in [1.165, 1.54) is 6.07 Å². The van der Waals surface area contributed by atoms with Crippen LogP contribution < -0.4 is 10.5 Å². The highest BCUT2D eigenvalue weighted by atomic mass is 35.5. The van der Waals surface area contributed by atoms with Crippen molar-refractivity contribution in [2.24, 2.45) is 5.73 Å². The molecule has 2 aromatic carbocycles. The van der Waals surface area contributed by atoms with Crippen molar-refractivity contribution >= 4 is 23.2 Å². The summed E-state index contributed by atoms with van der Waals surface area (Å²) in [4.78, 5) is 0. The summed E-state index contributed by atoms with van der Waals surface area (Å²) in [7, 11) is 0. The molecule has 0 radical (unpaired) electrons. The number of para-hydroxylation sites is 1. The first kappa shape index (κ1) is 16.0. The van der Waals surface area contributed by atoms with Crippen LogP contribution in [0.1, 0.15) is 17.2 Å². The van der Waals surface area contributed by atoms with E-state index in [2.05, 4.69) is 4.74 Å². The molecule has 0 aromatic heterocycles. The number of halogens is 4. The van der Waals surface area contributed by atoms with E-state index in [1.807, 2.05) is 0 Å². The van der Waals surface area contributed by atoms with E-state index < -0.39 is 12.7 Å². The highest BCUT2D eigenvalue weighted by molar-refractivity contribution is 6.42. The van der Waals surface area contributed by atoms with Crippen LogP contribution in [-0.2, 0) is 6.42 Å². The van der Waals surface area contributed by atoms with Crippen molar-refractivity contribution < 1.29 is 13.5 Å². The average Bonchev–Trinajstić information content (AvgIpc) is 2.43. The quantitative estimate of drug-likeness (QED) is 0.850. The third-order valence-electron chi connectivity index (χ3n) is 2.97. The van der Waals surface area contributed by atoms with E-state index in [-0.39, 0.29) is 5.75 Å². The number of rotatable bonds is 5. The molecule has 21 heavy (non-hydrogen) atoms. The first-order valence-electron chi connectivity index (χ1n) is 6.20. The fourth-order valence-corrected chi connectivity index (χ4v) is 2.34. The minimum Gasteiger partial charge on any atom is -0.434 e. The Morgan fingerprint density at radius 2 is 1.76 bits per heavy atom. The Hall–Kier alpha value is -1.36. The predicted octanol–water partition coefficient (Wildman–Crippen LogP) is 4.84. The van der Waals surface area contributed by atoms with Gasteiger partial charge in [0.25, 0.3) is 0 Å². The molecule has 1 atom stereocenters. The summed E-state index contributed by atoms with van der Waals surface area (Å²) in [6.07, 6.45) is 0.431. The van der Waals surface area contributed by atoms with Crippen LogP contribution in [0.4, 0.5) is 8.78 Å². The van der Waals surface area contributed by atoms with Crippen LogP contribution in [0.25, 0.3) is 0 Å². The minimum absolute atomic E-state index is 0.0834. The maximum absolute atomic E-state index is 12.4. The number of ether oxygens (including phenoxy) is 1. The van der Waals surface area contributed by atoms with Gasteiger partial charge >= 0.3 is 6.61 Å². The second-order valence-electron chi connectivity index (χ2n) is 4.48. The van der Waals surface area contributed by atoms with Crippen molar-refractivity contribution in [3.63, 3.8) is 0 Å². The highest BCUT2D eigenvalue weighted by Crippen LogP contribution is 2.29. The zero-order valence-corrected chi connectivity index (χ0v) is 12.4. The second-order valence-corrected chi connectivity index (χ2v) is 5.29. The third-order valence-corrected chi connectivity index (χ3v) is 3.71. The Morgan fingerprint density at radius 1 is 1.05 bits per heavy atom. The molecular formula is C15H13Cl2F2NO. The summed E-state index contributed by atoms with van der Waals surface area (Å²) in [6, 6.07) is 11.2. The molecule has 0 aliphatic rings. The molecule has 2 N–H and O–H groups in total. The van der Waals surface area contributed by atoms with Gasteiger partial charge in [0.1, 0.15) is 5.75 Å². The summed E-state index contributed by atoms with van der Waals surface area (Å²) in [5.41, 5.74) is 7.47. The lowest BCUT2D eigenvalue weighted by Crippen LogP contribution is -2.16. The van der Waals surface area contributed by atoms with Crippen LogP contribution in [-0.4, -0.2) is 6.61 Å². The molecule has 0 aliphatic carbocycles. The van der Waals surface area contributed by atoms with Gasteiger partial charge in [0.15, 0.2) is 0 Å². The fourth-order valence-electron chi connectivity index (χ4n) is 2.02. The van der Waals surface area contributed by atoms with Crippen LogP contribution in [0.5, 0.6) is 5.75 Å². The first-order chi connectivity index (χ1) is 9.97. The van der Waals surface area contributed by atoms with Crippen molar-refractivity contribution in [1.29, 1.82) is 0 Å². The summed E-state index contributed by atoms with van der Waals surface area (Å²) in [5, 5.41) is 0.883. The van der Waals surface area contributed by atoms with Gasteiger partial charge in [-0.25, -0.2) is 0 Å². The lowest BCUT2D eigenvalue weighted by molar-refractivity contribution is -0.0506. The standard InChI is InChI=1S/C15H13Cl2F2NO/c16-11-6-5-9(7-12(11)17)8-13(20)10-3-1-2-4-14(10)21-15(18)19/h1-7,13,15H,8,20H2. The first-order valence-corrected chi connectivity index (χ1v) is 6.96. The number of alkyl halides is 2. The molecule has 2 nitrogen and oxygen atoms in total. The van der Waals surface area contributed by atoms with Crippen LogP contribution in [0.3, 0.4) is 0 Å². The van der Waals surface area contributed by atoms with Crippen molar-refractivity contribution in [2.45, 2.75) is 19.1 Å². The maximum Gasteiger partial charge on any atom is 0.387 e. The molecular weight excluding hydrogens is 319 g/mol. The van der Waals surface area contributed by atoms with Crippen molar-refractivity contribution in [1.82, 2.24) is 0 Å². The monoisotopic (exact) mass is 331 g/mol. The number of hydrogen-bond donors (Lipinski definition) is 1. The molecule has 0 saturated heterocycles. The number of benzene rings is 2. The Labute approximate surface area is 131 Å². The van der Waals surface area contributed by atoms with E-state index in [9.17, 15) is 8.78 Å². The van der Waals surface area contributed by atoms with Gasteiger partial charge in [-0.05, 0) is 30.2 Å². The molecule has 1 unspecified atom stereocenters. The fraction of sp³-hybridized carbons (Fsp3) is 0.200. The van der Waals surface area contributed by atoms with E-state index >= 15 is 0 Å². The van der Waals surface area contributed by atoms with Crippen molar-refractivity contribution in [3.05, 3.63) is 63.6 Å². The molecule has 0 aliphatic heterocycles. The topological polar surface area (TPSA) is 35.2 Å². The van der Waals surface area contributed by atoms with E-state index in [0.717, 1.165) is 5.56 Å². The summed E-state index contributed by atoms with van der Waals surface area (Å²) in [5.74, 6) is 0.0834. The Kier molecular flexibility index (Phi) is 5.39. The third kappa shape index (κ3) is 4.30. The Balaban J connectivity index is 2.19. The molecule has 112 valence electrons. The van der Waals surface area contributed by atoms with Crippen LogP contribution in [0.2, 0.25) is 10.0 Å². The highest BCUT2D eigenvalue weighted by Gasteiger charge is 2.15. The molecule has 0 amide bonds. The molecule has 0 spiro atoms. The number of nitrogens with two attached hydrogens (primary N) is 1. The molecule has 2 aromatic rings. The molecule has 0 fully saturated rings. The minimum atomic E-state index is -2.89. The van der Waals surface area contributed by atoms with Crippen LogP contribution in [0, 0.1) is 0 Å². The van der Waals surface area contributed by atoms with E-state index in [4.69, 9.17) is 28.9 Å². The van der Waals surface area contributed by atoms with Crippen LogP contribution >= 0.6 is 23.2 Å². The second kappa shape index (κ2) is 7.07. The molecule has 2 rings (SSSR count). The zero-order valence-electron chi connectivity index (χ0n) is 10.9. The van der Waals surface area contributed by atoms with Gasteiger partial charge in [-0.2, -0.15) is 8.78 Å². The lowest BCUT2D eigenvalue weighted by Gasteiger charge is -2.17. The largest absolute Gasteiger partial charge is 0.434 e. The van der Waals surface area contributed by atoms with E-state index in [0.29, 0.717) is 22.0 Å². The van der Waals surface area contributed by atoms with Gasteiger partial charge in [-0.1, -0.05) is 47.5 Å². The van der Waals surface area contributed by atoms with Gasteiger partial charge in [-0.15, -0.1) is 0 Å². The van der Waals surface area contributed by atoms with Gasteiger partial charge in [0, 0.05) is 11.6 Å². The molecule has 0 bridgehead atoms. The molecule has 6 heteroatoms. The SMILES string of the molecule is NC(Cc1ccc(Cl)c(Cl)c1)c1ccccc1OC(F)F. The zero-order chi connectivity index (χ0) is 15.4. The predicted molar refractivity (Wildman–Crippen MR) is 80.2 cm³/mol. The summed E-state index contributed by atoms with van der Waals surface area (Å²) >= 11 is 11.8. The lowest BCUT2D eigenvalue weighted by atomic mass is 9.99. The maximum atomic E-state index is 12.4. The smallest absolute Gasteiger partial charge is 0.387 e. The van der Waals surface area contributed by atoms with Crippen molar-refractivity contribution in [2.75, 3.05) is 0 Å². The Bertz CT molecular complexity index is 622. The van der Waals surface area contributed by atoms with E-state index in [1.54, 1.807) is 36.4 Å². The van der Waals surface area contributed by atoms with Gasteiger partial charge < -0.3 is 10.5 Å². The molecule has 0 heterocycles. The normalized spacial score (nSPS) is 12.5. The van der Waals surface area contributed by atoms with Gasteiger partial charge in [-0.3, -0.25) is 0 Å².